The quantitative estimate of drug-likeness (QED) is 0.812. The fourth-order valence-corrected chi connectivity index (χ4v) is 1.88. The fraction of sp³-hybridized carbons (Fsp3) is 0.333. The average molecular weight is 371 g/mol. The van der Waals surface area contributed by atoms with E-state index in [-0.39, 0.29) is 30.6 Å². The highest BCUT2D eigenvalue weighted by Crippen LogP contribution is 2.03. The number of aromatic nitrogens is 2. The molecule has 2 aromatic rings. The molecule has 2 heterocycles. The molecule has 2 aromatic heterocycles. The Kier molecular flexibility index (Phi) is 10.0. The molecule has 0 aliphatic carbocycles. The molecule has 0 saturated carbocycles. The van der Waals surface area contributed by atoms with Crippen molar-refractivity contribution >= 4 is 46.7 Å². The molecular formula is C9H14IN3OS2. The summed E-state index contributed by atoms with van der Waals surface area (Å²) >= 11 is 3.14. The van der Waals surface area contributed by atoms with E-state index in [2.05, 4.69) is 15.3 Å². The van der Waals surface area contributed by atoms with Gasteiger partial charge in [-0.15, -0.1) is 46.7 Å². The topological polar surface area (TPSA) is 58.0 Å². The maximum atomic E-state index is 8.40. The van der Waals surface area contributed by atoms with Gasteiger partial charge in [0.2, 0.25) is 0 Å². The molecule has 0 unspecified atom stereocenters. The number of aliphatic hydroxyl groups is 1. The third kappa shape index (κ3) is 6.48. The second kappa shape index (κ2) is 10.1. The highest BCUT2D eigenvalue weighted by Gasteiger charge is 1.87. The van der Waals surface area contributed by atoms with Crippen LogP contribution in [0.2, 0.25) is 0 Å². The van der Waals surface area contributed by atoms with Crippen LogP contribution < -0.4 is 5.32 Å². The summed E-state index contributed by atoms with van der Waals surface area (Å²) in [6, 6.07) is 0. The van der Waals surface area contributed by atoms with Gasteiger partial charge in [0.15, 0.2) is 0 Å². The van der Waals surface area contributed by atoms with Gasteiger partial charge in [-0.2, -0.15) is 0 Å². The Hall–Kier alpha value is -0.0900. The molecule has 4 nitrogen and oxygen atoms in total. The molecule has 0 spiro atoms. The SMILES string of the molecule is CNCc1cncs1.I.OCc1cncs1. The van der Waals surface area contributed by atoms with Gasteiger partial charge in [-0.1, -0.05) is 0 Å². The smallest absolute Gasteiger partial charge is 0.0795 e. The second-order valence-corrected chi connectivity index (χ2v) is 4.57. The molecule has 7 heteroatoms. The maximum absolute atomic E-state index is 8.40. The van der Waals surface area contributed by atoms with E-state index in [0.717, 1.165) is 11.4 Å². The lowest BCUT2D eigenvalue weighted by Crippen LogP contribution is -2.02. The molecule has 16 heavy (non-hydrogen) atoms. The van der Waals surface area contributed by atoms with E-state index in [0.29, 0.717) is 0 Å². The number of hydrogen-bond donors (Lipinski definition) is 2. The van der Waals surface area contributed by atoms with E-state index in [9.17, 15) is 0 Å². The largest absolute Gasteiger partial charge is 0.391 e. The summed E-state index contributed by atoms with van der Waals surface area (Å²) in [6.07, 6.45) is 3.53. The van der Waals surface area contributed by atoms with E-state index in [1.807, 2.05) is 18.8 Å². The monoisotopic (exact) mass is 371 g/mol. The first-order valence-electron chi connectivity index (χ1n) is 4.37. The van der Waals surface area contributed by atoms with E-state index in [4.69, 9.17) is 5.11 Å². The number of aliphatic hydroxyl groups excluding tert-OH is 1. The number of thiazole rings is 2. The lowest BCUT2D eigenvalue weighted by molar-refractivity contribution is 0.285. The lowest BCUT2D eigenvalue weighted by Gasteiger charge is -1.88. The van der Waals surface area contributed by atoms with Gasteiger partial charge in [0, 0.05) is 28.7 Å². The standard InChI is InChI=1S/C5H8N2S.C4H5NOS.HI/c1-6-2-5-3-7-4-8-5;6-2-4-1-5-3-7-4;/h3-4,6H,2H2,1H3;1,3,6H,2H2;1H. The van der Waals surface area contributed by atoms with Gasteiger partial charge in [0.05, 0.1) is 17.6 Å². The summed E-state index contributed by atoms with van der Waals surface area (Å²) in [5, 5.41) is 11.4. The van der Waals surface area contributed by atoms with Crippen LogP contribution in [-0.2, 0) is 13.2 Å². The Bertz CT molecular complexity index is 340. The number of halogens is 1. The Labute approximate surface area is 120 Å². The number of nitrogens with one attached hydrogen (secondary N) is 1. The summed E-state index contributed by atoms with van der Waals surface area (Å²) < 4.78 is 0. The van der Waals surface area contributed by atoms with Crippen LogP contribution in [0.3, 0.4) is 0 Å². The fourth-order valence-electron chi connectivity index (χ4n) is 0.824. The predicted octanol–water partition coefficient (Wildman–Crippen LogP) is 2.12. The molecule has 0 aromatic carbocycles. The zero-order valence-corrected chi connectivity index (χ0v) is 12.8. The Morgan fingerprint density at radius 2 is 1.75 bits per heavy atom. The summed E-state index contributed by atoms with van der Waals surface area (Å²) in [7, 11) is 1.93. The predicted molar refractivity (Wildman–Crippen MR) is 78.3 cm³/mol. The Morgan fingerprint density at radius 1 is 1.19 bits per heavy atom. The molecule has 0 radical (unpaired) electrons. The molecule has 0 fully saturated rings. The zero-order valence-electron chi connectivity index (χ0n) is 8.79. The van der Waals surface area contributed by atoms with Crippen molar-refractivity contribution in [2.45, 2.75) is 13.2 Å². The van der Waals surface area contributed by atoms with Crippen molar-refractivity contribution in [3.63, 3.8) is 0 Å². The zero-order chi connectivity index (χ0) is 10.9. The van der Waals surface area contributed by atoms with Crippen molar-refractivity contribution in [1.82, 2.24) is 15.3 Å². The first-order chi connectivity index (χ1) is 7.36. The molecule has 0 amide bonds. The van der Waals surface area contributed by atoms with Crippen LogP contribution in [0, 0.1) is 0 Å². The van der Waals surface area contributed by atoms with Crippen molar-refractivity contribution in [2.75, 3.05) is 7.05 Å². The van der Waals surface area contributed by atoms with Gasteiger partial charge in [-0.25, -0.2) is 0 Å². The summed E-state index contributed by atoms with van der Waals surface area (Å²) in [6.45, 7) is 1.05. The van der Waals surface area contributed by atoms with Crippen LogP contribution in [0.5, 0.6) is 0 Å². The van der Waals surface area contributed by atoms with E-state index < -0.39 is 0 Å². The molecular weight excluding hydrogens is 357 g/mol. The number of rotatable bonds is 3. The van der Waals surface area contributed by atoms with E-state index >= 15 is 0 Å². The van der Waals surface area contributed by atoms with Crippen LogP contribution >= 0.6 is 46.7 Å². The maximum Gasteiger partial charge on any atom is 0.0795 e. The minimum absolute atomic E-state index is 0. The molecule has 0 atom stereocenters. The normalized spacial score (nSPS) is 8.88. The van der Waals surface area contributed by atoms with E-state index in [1.165, 1.54) is 16.2 Å². The third-order valence-electron chi connectivity index (χ3n) is 1.47. The molecule has 0 aliphatic heterocycles. The molecule has 90 valence electrons. The van der Waals surface area contributed by atoms with Crippen LogP contribution in [0.4, 0.5) is 0 Å². The third-order valence-corrected chi connectivity index (χ3v) is 3.02. The molecule has 0 saturated heterocycles. The number of hydrogen-bond acceptors (Lipinski definition) is 6. The average Bonchev–Trinajstić information content (AvgIpc) is 2.91. The first-order valence-corrected chi connectivity index (χ1v) is 6.13. The van der Waals surface area contributed by atoms with Gasteiger partial charge in [0.1, 0.15) is 0 Å². The van der Waals surface area contributed by atoms with E-state index in [1.54, 1.807) is 23.0 Å². The van der Waals surface area contributed by atoms with Crippen LogP contribution in [0.15, 0.2) is 23.4 Å². The van der Waals surface area contributed by atoms with Crippen molar-refractivity contribution in [2.24, 2.45) is 0 Å². The molecule has 0 bridgehead atoms. The van der Waals surface area contributed by atoms with Gasteiger partial charge in [0.25, 0.3) is 0 Å². The van der Waals surface area contributed by atoms with Crippen molar-refractivity contribution in [3.8, 4) is 0 Å². The van der Waals surface area contributed by atoms with Gasteiger partial charge >= 0.3 is 0 Å². The first kappa shape index (κ1) is 15.9. The van der Waals surface area contributed by atoms with Crippen LogP contribution in [-0.4, -0.2) is 22.1 Å². The van der Waals surface area contributed by atoms with Gasteiger partial charge in [-0.05, 0) is 7.05 Å². The summed E-state index contributed by atoms with van der Waals surface area (Å²) in [4.78, 5) is 9.87. The highest BCUT2D eigenvalue weighted by molar-refractivity contribution is 14.0. The van der Waals surface area contributed by atoms with Crippen molar-refractivity contribution in [1.29, 1.82) is 0 Å². The molecule has 0 aliphatic rings. The molecule has 2 rings (SSSR count). The van der Waals surface area contributed by atoms with Crippen molar-refractivity contribution in [3.05, 3.63) is 33.2 Å². The highest BCUT2D eigenvalue weighted by atomic mass is 127. The Balaban J connectivity index is 0.000000267. The van der Waals surface area contributed by atoms with Crippen LogP contribution in [0.1, 0.15) is 9.75 Å². The number of nitrogens with zero attached hydrogens (tertiary/aromatic N) is 2. The van der Waals surface area contributed by atoms with Crippen molar-refractivity contribution < 1.29 is 5.11 Å². The lowest BCUT2D eigenvalue weighted by atomic mass is 10.5. The summed E-state index contributed by atoms with van der Waals surface area (Å²) in [5.41, 5.74) is 3.54. The van der Waals surface area contributed by atoms with Crippen LogP contribution in [0.25, 0.3) is 0 Å². The minimum Gasteiger partial charge on any atom is -0.391 e. The summed E-state index contributed by atoms with van der Waals surface area (Å²) in [5.74, 6) is 0. The Morgan fingerprint density at radius 3 is 2.06 bits per heavy atom. The molecule has 2 N–H and O–H groups in total. The van der Waals surface area contributed by atoms with Gasteiger partial charge < -0.3 is 10.4 Å². The second-order valence-electron chi connectivity index (χ2n) is 2.62. The minimum atomic E-state index is 0. The van der Waals surface area contributed by atoms with Gasteiger partial charge in [-0.3, -0.25) is 9.97 Å².